The van der Waals surface area contributed by atoms with Crippen LogP contribution in [0.3, 0.4) is 0 Å². The molecule has 0 aromatic heterocycles. The van der Waals surface area contributed by atoms with Crippen molar-refractivity contribution in [2.75, 3.05) is 19.6 Å². The highest BCUT2D eigenvalue weighted by atomic mass is 16.2. The first-order valence-corrected chi connectivity index (χ1v) is 8.52. The monoisotopic (exact) mass is 317 g/mol. The number of nitrogens with zero attached hydrogens (tertiary/aromatic N) is 1. The molecule has 2 N–H and O–H groups in total. The summed E-state index contributed by atoms with van der Waals surface area (Å²) < 4.78 is 0. The minimum atomic E-state index is -0.108. The molecule has 2 rings (SSSR count). The zero-order valence-corrected chi connectivity index (χ0v) is 13.9. The molecule has 0 radical (unpaired) electrons. The summed E-state index contributed by atoms with van der Waals surface area (Å²) >= 11 is 0. The first-order valence-electron chi connectivity index (χ1n) is 8.52. The number of urea groups is 1. The average molecular weight is 317 g/mol. The molecular formula is C18H27N3O2. The van der Waals surface area contributed by atoms with Gasteiger partial charge in [-0.15, -0.1) is 0 Å². The second-order valence-corrected chi connectivity index (χ2v) is 6.13. The van der Waals surface area contributed by atoms with Gasteiger partial charge in [0.05, 0.1) is 0 Å². The van der Waals surface area contributed by atoms with Gasteiger partial charge in [-0.2, -0.15) is 0 Å². The molecule has 1 atom stereocenters. The molecule has 126 valence electrons. The second kappa shape index (κ2) is 9.18. The number of hydrogen-bond acceptors (Lipinski definition) is 2. The molecule has 0 bridgehead atoms. The highest BCUT2D eigenvalue weighted by molar-refractivity contribution is 5.76. The maximum atomic E-state index is 12.3. The van der Waals surface area contributed by atoms with Gasteiger partial charge in [-0.25, -0.2) is 4.79 Å². The normalized spacial score (nSPS) is 18.4. The van der Waals surface area contributed by atoms with Crippen LogP contribution in [0.5, 0.6) is 0 Å². The quantitative estimate of drug-likeness (QED) is 0.847. The Hall–Kier alpha value is -2.04. The van der Waals surface area contributed by atoms with Gasteiger partial charge in [0.1, 0.15) is 0 Å². The molecule has 0 saturated carbocycles. The SMILES string of the molecule is CCCNC(=O)NCC1CCC(=O)N(Cc2ccccc2)CC1. The van der Waals surface area contributed by atoms with Crippen molar-refractivity contribution in [3.05, 3.63) is 35.9 Å². The molecule has 1 fully saturated rings. The van der Waals surface area contributed by atoms with Gasteiger partial charge in [0.25, 0.3) is 0 Å². The fraction of sp³-hybridized carbons (Fsp3) is 0.556. The summed E-state index contributed by atoms with van der Waals surface area (Å²) in [7, 11) is 0. The van der Waals surface area contributed by atoms with Crippen molar-refractivity contribution >= 4 is 11.9 Å². The van der Waals surface area contributed by atoms with Crippen LogP contribution in [-0.2, 0) is 11.3 Å². The Labute approximate surface area is 138 Å². The van der Waals surface area contributed by atoms with E-state index < -0.39 is 0 Å². The van der Waals surface area contributed by atoms with Crippen LogP contribution >= 0.6 is 0 Å². The molecule has 1 aromatic carbocycles. The van der Waals surface area contributed by atoms with Crippen molar-refractivity contribution in [3.63, 3.8) is 0 Å². The molecule has 5 nitrogen and oxygen atoms in total. The lowest BCUT2D eigenvalue weighted by molar-refractivity contribution is -0.131. The van der Waals surface area contributed by atoms with Crippen molar-refractivity contribution in [2.45, 2.75) is 39.2 Å². The van der Waals surface area contributed by atoms with Gasteiger partial charge >= 0.3 is 6.03 Å². The summed E-state index contributed by atoms with van der Waals surface area (Å²) in [5, 5.41) is 5.72. The highest BCUT2D eigenvalue weighted by Gasteiger charge is 2.22. The number of hydrogen-bond donors (Lipinski definition) is 2. The Morgan fingerprint density at radius 3 is 2.74 bits per heavy atom. The number of likely N-dealkylation sites (tertiary alicyclic amines) is 1. The third kappa shape index (κ3) is 5.93. The summed E-state index contributed by atoms with van der Waals surface area (Å²) in [6, 6.07) is 9.98. The summed E-state index contributed by atoms with van der Waals surface area (Å²) in [6.45, 7) is 4.80. The maximum Gasteiger partial charge on any atom is 0.314 e. The zero-order valence-electron chi connectivity index (χ0n) is 13.9. The minimum absolute atomic E-state index is 0.108. The predicted molar refractivity (Wildman–Crippen MR) is 90.9 cm³/mol. The lowest BCUT2D eigenvalue weighted by atomic mass is 10.0. The number of benzene rings is 1. The molecule has 0 spiro atoms. The van der Waals surface area contributed by atoms with Gasteiger partial charge in [0, 0.05) is 32.6 Å². The lowest BCUT2D eigenvalue weighted by Crippen LogP contribution is -2.38. The van der Waals surface area contributed by atoms with E-state index in [-0.39, 0.29) is 11.9 Å². The molecule has 1 aliphatic heterocycles. The van der Waals surface area contributed by atoms with Crippen molar-refractivity contribution in [1.82, 2.24) is 15.5 Å². The largest absolute Gasteiger partial charge is 0.338 e. The van der Waals surface area contributed by atoms with Gasteiger partial charge < -0.3 is 15.5 Å². The van der Waals surface area contributed by atoms with Crippen LogP contribution in [0.15, 0.2) is 30.3 Å². The van der Waals surface area contributed by atoms with E-state index in [1.807, 2.05) is 30.0 Å². The molecule has 23 heavy (non-hydrogen) atoms. The van der Waals surface area contributed by atoms with Gasteiger partial charge in [-0.1, -0.05) is 37.3 Å². The van der Waals surface area contributed by atoms with Crippen LogP contribution < -0.4 is 10.6 Å². The second-order valence-electron chi connectivity index (χ2n) is 6.13. The molecular weight excluding hydrogens is 290 g/mol. The van der Waals surface area contributed by atoms with E-state index in [2.05, 4.69) is 22.8 Å². The molecule has 1 heterocycles. The van der Waals surface area contributed by atoms with Gasteiger partial charge in [0.2, 0.25) is 5.91 Å². The topological polar surface area (TPSA) is 61.4 Å². The van der Waals surface area contributed by atoms with E-state index in [9.17, 15) is 9.59 Å². The van der Waals surface area contributed by atoms with E-state index in [1.54, 1.807) is 0 Å². The highest BCUT2D eigenvalue weighted by Crippen LogP contribution is 2.19. The Morgan fingerprint density at radius 1 is 1.22 bits per heavy atom. The smallest absolute Gasteiger partial charge is 0.314 e. The lowest BCUT2D eigenvalue weighted by Gasteiger charge is -2.21. The van der Waals surface area contributed by atoms with E-state index >= 15 is 0 Å². The van der Waals surface area contributed by atoms with Crippen LogP contribution in [0.25, 0.3) is 0 Å². The molecule has 1 saturated heterocycles. The molecule has 3 amide bonds. The zero-order chi connectivity index (χ0) is 16.5. The Morgan fingerprint density at radius 2 is 2.00 bits per heavy atom. The maximum absolute atomic E-state index is 12.3. The van der Waals surface area contributed by atoms with Crippen LogP contribution in [0.1, 0.15) is 38.2 Å². The summed E-state index contributed by atoms with van der Waals surface area (Å²) in [5.41, 5.74) is 1.16. The summed E-state index contributed by atoms with van der Waals surface area (Å²) in [4.78, 5) is 25.8. The van der Waals surface area contributed by atoms with Crippen molar-refractivity contribution in [2.24, 2.45) is 5.92 Å². The van der Waals surface area contributed by atoms with Crippen LogP contribution in [0.2, 0.25) is 0 Å². The van der Waals surface area contributed by atoms with E-state index in [1.165, 1.54) is 0 Å². The summed E-state index contributed by atoms with van der Waals surface area (Å²) in [5.74, 6) is 0.582. The molecule has 1 aromatic rings. The minimum Gasteiger partial charge on any atom is -0.338 e. The number of carbonyl (C=O) groups excluding carboxylic acids is 2. The predicted octanol–water partition coefficient (Wildman–Crippen LogP) is 2.52. The van der Waals surface area contributed by atoms with Crippen LogP contribution in [0.4, 0.5) is 4.79 Å². The van der Waals surface area contributed by atoms with E-state index in [0.29, 0.717) is 32.0 Å². The first kappa shape index (κ1) is 17.3. The molecule has 1 unspecified atom stereocenters. The Balaban J connectivity index is 1.78. The van der Waals surface area contributed by atoms with E-state index in [0.717, 1.165) is 31.4 Å². The standard InChI is InChI=1S/C18H27N3O2/c1-2-11-19-18(23)20-13-15-8-9-17(22)21(12-10-15)14-16-6-4-3-5-7-16/h3-7,15H,2,8-14H2,1H3,(H2,19,20,23). The third-order valence-electron chi connectivity index (χ3n) is 4.23. The van der Waals surface area contributed by atoms with Crippen molar-refractivity contribution in [3.8, 4) is 0 Å². The molecule has 0 aliphatic carbocycles. The Kier molecular flexibility index (Phi) is 6.91. The molecule has 5 heteroatoms. The third-order valence-corrected chi connectivity index (χ3v) is 4.23. The number of rotatable bonds is 6. The van der Waals surface area contributed by atoms with Gasteiger partial charge in [-0.05, 0) is 30.7 Å². The van der Waals surface area contributed by atoms with Gasteiger partial charge in [-0.3, -0.25) is 4.79 Å². The number of nitrogens with one attached hydrogen (secondary N) is 2. The van der Waals surface area contributed by atoms with Crippen LogP contribution in [0, 0.1) is 5.92 Å². The number of amides is 3. The van der Waals surface area contributed by atoms with Crippen LogP contribution in [-0.4, -0.2) is 36.5 Å². The van der Waals surface area contributed by atoms with E-state index in [4.69, 9.17) is 0 Å². The van der Waals surface area contributed by atoms with Crippen molar-refractivity contribution in [1.29, 1.82) is 0 Å². The molecule has 1 aliphatic rings. The van der Waals surface area contributed by atoms with Gasteiger partial charge in [0.15, 0.2) is 0 Å². The fourth-order valence-electron chi connectivity index (χ4n) is 2.81. The Bertz CT molecular complexity index is 504. The fourth-order valence-corrected chi connectivity index (χ4v) is 2.81. The summed E-state index contributed by atoms with van der Waals surface area (Å²) in [6.07, 6.45) is 3.28. The average Bonchev–Trinajstić information content (AvgIpc) is 2.74. The first-order chi connectivity index (χ1) is 11.2. The van der Waals surface area contributed by atoms with Crippen molar-refractivity contribution < 1.29 is 9.59 Å². The number of carbonyl (C=O) groups is 2.